The van der Waals surface area contributed by atoms with Gasteiger partial charge >= 0.3 is 19.8 Å². The molecule has 0 aliphatic carbocycles. The lowest BCUT2D eigenvalue weighted by atomic mass is 10.0. The van der Waals surface area contributed by atoms with E-state index in [1.807, 2.05) is 21.1 Å². The maximum absolute atomic E-state index is 12.7. The van der Waals surface area contributed by atoms with Crippen LogP contribution in [0.2, 0.25) is 0 Å². The van der Waals surface area contributed by atoms with Crippen LogP contribution >= 0.6 is 7.82 Å². The number of ether oxygens (including phenoxy) is 2. The van der Waals surface area contributed by atoms with Gasteiger partial charge in [-0.2, -0.15) is 0 Å². The Labute approximate surface area is 378 Å². The Balaban J connectivity index is 4.06. The number of phosphoric acid groups is 1. The van der Waals surface area contributed by atoms with Crippen LogP contribution in [0.15, 0.2) is 0 Å². The van der Waals surface area contributed by atoms with Crippen molar-refractivity contribution in [1.82, 2.24) is 0 Å². The van der Waals surface area contributed by atoms with E-state index < -0.39 is 26.5 Å². The number of hydrogen-bond donors (Lipinski definition) is 1. The molecule has 0 bridgehead atoms. The van der Waals surface area contributed by atoms with E-state index in [9.17, 15) is 19.0 Å². The molecule has 1 N–H and O–H groups in total. The van der Waals surface area contributed by atoms with Crippen LogP contribution in [-0.2, 0) is 32.7 Å². The first-order valence-electron chi connectivity index (χ1n) is 26.3. The van der Waals surface area contributed by atoms with E-state index in [-0.39, 0.29) is 25.6 Å². The highest BCUT2D eigenvalue weighted by atomic mass is 31.2. The number of unbranched alkanes of at least 4 members (excludes halogenated alkanes) is 35. The molecule has 0 aromatic heterocycles. The molecule has 0 rings (SSSR count). The van der Waals surface area contributed by atoms with E-state index in [0.717, 1.165) is 38.5 Å². The molecule has 364 valence electrons. The summed E-state index contributed by atoms with van der Waals surface area (Å²) in [5.74, 6) is -0.781. The van der Waals surface area contributed by atoms with Gasteiger partial charge in [-0.25, -0.2) is 4.57 Å². The number of likely N-dealkylation sites (N-methyl/N-ethyl adjacent to an activating group) is 1. The molecule has 61 heavy (non-hydrogen) atoms. The van der Waals surface area contributed by atoms with E-state index in [1.54, 1.807) is 0 Å². The van der Waals surface area contributed by atoms with Gasteiger partial charge in [-0.15, -0.1) is 0 Å². The second kappa shape index (κ2) is 44.2. The number of esters is 2. The molecular weight excluding hydrogens is 786 g/mol. The van der Waals surface area contributed by atoms with Crippen molar-refractivity contribution in [2.24, 2.45) is 0 Å². The molecule has 0 aliphatic heterocycles. The van der Waals surface area contributed by atoms with Gasteiger partial charge in [-0.3, -0.25) is 18.6 Å². The van der Waals surface area contributed by atoms with Gasteiger partial charge in [0.05, 0.1) is 27.7 Å². The van der Waals surface area contributed by atoms with Crippen molar-refractivity contribution in [3.63, 3.8) is 0 Å². The Hall–Kier alpha value is -0.990. The summed E-state index contributed by atoms with van der Waals surface area (Å²) in [7, 11) is 1.50. The monoisotopic (exact) mass is 889 g/mol. The zero-order valence-corrected chi connectivity index (χ0v) is 42.1. The first-order chi connectivity index (χ1) is 29.5. The van der Waals surface area contributed by atoms with Crippen LogP contribution in [0.25, 0.3) is 0 Å². The zero-order chi connectivity index (χ0) is 45.0. The normalized spacial score (nSPS) is 13.3. The fourth-order valence-corrected chi connectivity index (χ4v) is 8.52. The summed E-state index contributed by atoms with van der Waals surface area (Å²) >= 11 is 0. The summed E-state index contributed by atoms with van der Waals surface area (Å²) in [5.41, 5.74) is 0. The third-order valence-corrected chi connectivity index (χ3v) is 12.9. The number of quaternary nitrogens is 1. The largest absolute Gasteiger partial charge is 0.472 e. The molecular formula is C51H103NO8P+. The van der Waals surface area contributed by atoms with Crippen LogP contribution < -0.4 is 0 Å². The summed E-state index contributed by atoms with van der Waals surface area (Å²) in [6.07, 6.45) is 47.4. The number of carbonyl (C=O) groups excluding carboxylic acids is 2. The Morgan fingerprint density at radius 2 is 0.738 bits per heavy atom. The van der Waals surface area contributed by atoms with Gasteiger partial charge in [0.25, 0.3) is 0 Å². The summed E-state index contributed by atoms with van der Waals surface area (Å²) in [6.45, 7) is 4.47. The van der Waals surface area contributed by atoms with Gasteiger partial charge in [0.15, 0.2) is 6.10 Å². The van der Waals surface area contributed by atoms with E-state index in [1.165, 1.54) is 199 Å². The topological polar surface area (TPSA) is 108 Å². The third kappa shape index (κ3) is 48.3. The van der Waals surface area contributed by atoms with Gasteiger partial charge in [0.2, 0.25) is 0 Å². The number of phosphoric ester groups is 1. The molecule has 0 heterocycles. The number of hydrogen-bond acceptors (Lipinski definition) is 7. The Morgan fingerprint density at radius 3 is 1.05 bits per heavy atom. The second-order valence-electron chi connectivity index (χ2n) is 19.3. The molecule has 0 saturated carbocycles. The average molecular weight is 889 g/mol. The zero-order valence-electron chi connectivity index (χ0n) is 41.2. The minimum atomic E-state index is -4.37. The van der Waals surface area contributed by atoms with Crippen molar-refractivity contribution in [2.75, 3.05) is 47.5 Å². The molecule has 0 aromatic carbocycles. The first kappa shape index (κ1) is 60.0. The SMILES string of the molecule is CCCCCCCCCCCCCCCCCCCCCCCCCCCCC(=O)OC(COC(=O)CCCCCCCCCCCCC)COP(=O)(O)OCC[N+](C)(C)C. The predicted molar refractivity (Wildman–Crippen MR) is 257 cm³/mol. The number of rotatable bonds is 49. The van der Waals surface area contributed by atoms with Crippen molar-refractivity contribution in [1.29, 1.82) is 0 Å². The summed E-state index contributed by atoms with van der Waals surface area (Å²) in [5, 5.41) is 0. The highest BCUT2D eigenvalue weighted by Crippen LogP contribution is 2.43. The minimum absolute atomic E-state index is 0.0370. The maximum atomic E-state index is 12.7. The summed E-state index contributed by atoms with van der Waals surface area (Å²) < 4.78 is 34.4. The van der Waals surface area contributed by atoms with Crippen LogP contribution in [0.3, 0.4) is 0 Å². The van der Waals surface area contributed by atoms with Crippen LogP contribution in [0.1, 0.15) is 264 Å². The predicted octanol–water partition coefficient (Wildman–Crippen LogP) is 15.5. The smallest absolute Gasteiger partial charge is 0.462 e. The van der Waals surface area contributed by atoms with E-state index in [4.69, 9.17) is 18.5 Å². The van der Waals surface area contributed by atoms with E-state index in [2.05, 4.69) is 13.8 Å². The lowest BCUT2D eigenvalue weighted by Gasteiger charge is -2.24. The first-order valence-corrected chi connectivity index (χ1v) is 27.8. The Morgan fingerprint density at radius 1 is 0.443 bits per heavy atom. The second-order valence-corrected chi connectivity index (χ2v) is 20.7. The van der Waals surface area contributed by atoms with E-state index in [0.29, 0.717) is 17.4 Å². The van der Waals surface area contributed by atoms with Crippen molar-refractivity contribution in [2.45, 2.75) is 270 Å². The molecule has 10 heteroatoms. The van der Waals surface area contributed by atoms with Crippen LogP contribution in [0.5, 0.6) is 0 Å². The highest BCUT2D eigenvalue weighted by Gasteiger charge is 2.27. The maximum Gasteiger partial charge on any atom is 0.472 e. The van der Waals surface area contributed by atoms with Gasteiger partial charge in [0.1, 0.15) is 19.8 Å². The standard InChI is InChI=1S/C51H102NO8P/c1-6-8-10-12-14-16-18-19-20-21-22-23-24-25-26-27-28-29-30-31-32-34-36-38-40-42-44-51(54)60-49(48-59-61(55,56)58-46-45-52(3,4)5)47-57-50(53)43-41-39-37-35-33-17-15-13-11-9-7-2/h49H,6-48H2,1-5H3/p+1. The molecule has 0 saturated heterocycles. The van der Waals surface area contributed by atoms with Crippen molar-refractivity contribution in [3.8, 4) is 0 Å². The number of carbonyl (C=O) groups is 2. The average Bonchev–Trinajstić information content (AvgIpc) is 3.21. The van der Waals surface area contributed by atoms with Gasteiger partial charge < -0.3 is 18.9 Å². The molecule has 0 radical (unpaired) electrons. The molecule has 0 fully saturated rings. The molecule has 9 nitrogen and oxygen atoms in total. The van der Waals surface area contributed by atoms with Gasteiger partial charge in [0, 0.05) is 12.8 Å². The van der Waals surface area contributed by atoms with Crippen molar-refractivity contribution >= 4 is 19.8 Å². The lowest BCUT2D eigenvalue weighted by Crippen LogP contribution is -2.37. The molecule has 2 unspecified atom stereocenters. The van der Waals surface area contributed by atoms with E-state index >= 15 is 0 Å². The van der Waals surface area contributed by atoms with Crippen molar-refractivity contribution < 1.29 is 42.1 Å². The number of nitrogens with zero attached hydrogens (tertiary/aromatic N) is 1. The Kier molecular flexibility index (Phi) is 43.5. The fourth-order valence-electron chi connectivity index (χ4n) is 7.78. The van der Waals surface area contributed by atoms with Gasteiger partial charge in [-0.1, -0.05) is 239 Å². The van der Waals surface area contributed by atoms with Gasteiger partial charge in [-0.05, 0) is 12.8 Å². The Bertz CT molecular complexity index is 1010. The molecule has 0 amide bonds. The summed E-state index contributed by atoms with van der Waals surface area (Å²) in [6, 6.07) is 0. The molecule has 2 atom stereocenters. The molecule has 0 aliphatic rings. The highest BCUT2D eigenvalue weighted by molar-refractivity contribution is 7.47. The summed E-state index contributed by atoms with van der Waals surface area (Å²) in [4.78, 5) is 35.4. The third-order valence-electron chi connectivity index (χ3n) is 11.9. The van der Waals surface area contributed by atoms with Crippen LogP contribution in [-0.4, -0.2) is 74.9 Å². The van der Waals surface area contributed by atoms with Crippen LogP contribution in [0, 0.1) is 0 Å². The molecule has 0 aromatic rings. The molecule has 0 spiro atoms. The lowest BCUT2D eigenvalue weighted by molar-refractivity contribution is -0.870. The fraction of sp³-hybridized carbons (Fsp3) is 0.961. The quantitative estimate of drug-likeness (QED) is 0.0278. The van der Waals surface area contributed by atoms with Crippen LogP contribution in [0.4, 0.5) is 0 Å². The minimum Gasteiger partial charge on any atom is -0.462 e. The van der Waals surface area contributed by atoms with Crippen molar-refractivity contribution in [3.05, 3.63) is 0 Å².